The van der Waals surface area contributed by atoms with E-state index in [1.807, 2.05) is 77.1 Å². The SMILES string of the molecule is CCOP(=O)(OCC)C(F)(F)c1ccc(CC(CCSCc2ccc(-c3ccccc3-c3nnn(C)n3)cc2)(c2ccccc2)n2nnc3ccccc32)cc1. The molecule has 0 saturated carbocycles. The molecule has 10 nitrogen and oxygen atoms in total. The van der Waals surface area contributed by atoms with Gasteiger partial charge in [0.1, 0.15) is 5.52 Å². The Morgan fingerprint density at radius 2 is 1.36 bits per heavy atom. The minimum atomic E-state index is -4.76. The maximum Gasteiger partial charge on any atom is 0.404 e. The van der Waals surface area contributed by atoms with Crippen LogP contribution < -0.4 is 0 Å². The van der Waals surface area contributed by atoms with E-state index in [1.54, 1.807) is 19.2 Å². The zero-order valence-corrected chi connectivity index (χ0v) is 33.0. The largest absolute Gasteiger partial charge is 0.404 e. The Hall–Kier alpha value is -5.07. The average molecular weight is 794 g/mol. The highest BCUT2D eigenvalue weighted by molar-refractivity contribution is 7.98. The number of aryl methyl sites for hydroxylation is 1. The topological polar surface area (TPSA) is 110 Å². The second-order valence-corrected chi connectivity index (χ2v) is 16.5. The number of hydrogen-bond acceptors (Lipinski definition) is 9. The molecular formula is C42H42F2N7O3PS. The maximum absolute atomic E-state index is 15.7. The van der Waals surface area contributed by atoms with Crippen molar-refractivity contribution in [2.24, 2.45) is 7.05 Å². The number of aromatic nitrogens is 7. The molecule has 0 radical (unpaired) electrons. The lowest BCUT2D eigenvalue weighted by molar-refractivity contribution is 0.0360. The fourth-order valence-corrected chi connectivity index (χ4v) is 9.56. The summed E-state index contributed by atoms with van der Waals surface area (Å²) in [5.41, 5.74) is 2.63. The Morgan fingerprint density at radius 3 is 2.04 bits per heavy atom. The molecule has 14 heteroatoms. The van der Waals surface area contributed by atoms with E-state index >= 15 is 8.78 Å². The van der Waals surface area contributed by atoms with E-state index in [0.717, 1.165) is 50.4 Å². The number of nitrogens with zero attached hydrogens (tertiary/aromatic N) is 7. The van der Waals surface area contributed by atoms with Crippen LogP contribution >= 0.6 is 19.4 Å². The number of thioether (sulfide) groups is 1. The van der Waals surface area contributed by atoms with Crippen molar-refractivity contribution in [2.75, 3.05) is 19.0 Å². The van der Waals surface area contributed by atoms with Gasteiger partial charge in [-0.05, 0) is 71.2 Å². The number of tetrazole rings is 1. The number of fused-ring (bicyclic) bond motifs is 1. The molecule has 0 N–H and O–H groups in total. The first-order valence-corrected chi connectivity index (χ1v) is 21.1. The quantitative estimate of drug-likeness (QED) is 0.0658. The first-order chi connectivity index (χ1) is 27.2. The van der Waals surface area contributed by atoms with Gasteiger partial charge in [-0.2, -0.15) is 25.3 Å². The van der Waals surface area contributed by atoms with Gasteiger partial charge in [-0.1, -0.05) is 120 Å². The number of benzene rings is 5. The summed E-state index contributed by atoms with van der Waals surface area (Å²) in [6.07, 6.45) is 1.09. The Labute approximate surface area is 328 Å². The van der Waals surface area contributed by atoms with E-state index in [9.17, 15) is 4.57 Å². The summed E-state index contributed by atoms with van der Waals surface area (Å²) in [6.45, 7) is 2.68. The lowest BCUT2D eigenvalue weighted by Gasteiger charge is -2.35. The van der Waals surface area contributed by atoms with Gasteiger partial charge in [-0.15, -0.1) is 15.3 Å². The fraction of sp³-hybridized carbons (Fsp3) is 0.262. The first-order valence-electron chi connectivity index (χ1n) is 18.4. The van der Waals surface area contributed by atoms with Crippen LogP contribution in [0, 0.1) is 0 Å². The lowest BCUT2D eigenvalue weighted by Crippen LogP contribution is -2.39. The third-order valence-corrected chi connectivity index (χ3v) is 12.9. The minimum Gasteiger partial charge on any atom is -0.304 e. The van der Waals surface area contributed by atoms with Crippen LogP contribution in [0.2, 0.25) is 0 Å². The van der Waals surface area contributed by atoms with Gasteiger partial charge in [0.25, 0.3) is 0 Å². The van der Waals surface area contributed by atoms with Crippen LogP contribution in [0.5, 0.6) is 0 Å². The van der Waals surface area contributed by atoms with Crippen LogP contribution in [0.3, 0.4) is 0 Å². The van der Waals surface area contributed by atoms with Crippen LogP contribution in [0.1, 0.15) is 42.5 Å². The zero-order chi connectivity index (χ0) is 39.2. The van der Waals surface area contributed by atoms with Crippen LogP contribution in [0.4, 0.5) is 8.78 Å². The van der Waals surface area contributed by atoms with E-state index in [0.29, 0.717) is 18.7 Å². The highest BCUT2D eigenvalue weighted by Gasteiger charge is 2.54. The van der Waals surface area contributed by atoms with Crippen molar-refractivity contribution < 1.29 is 22.4 Å². The number of hydrogen-bond donors (Lipinski definition) is 0. The predicted octanol–water partition coefficient (Wildman–Crippen LogP) is 9.91. The third kappa shape index (κ3) is 7.95. The summed E-state index contributed by atoms with van der Waals surface area (Å²) >= 11 is 1.81. The molecule has 288 valence electrons. The number of rotatable bonds is 17. The van der Waals surface area contributed by atoms with Gasteiger partial charge in [-0.25, -0.2) is 4.68 Å². The molecule has 1 atom stereocenters. The normalized spacial score (nSPS) is 13.2. The monoisotopic (exact) mass is 793 g/mol. The summed E-state index contributed by atoms with van der Waals surface area (Å²) in [5.74, 6) is 2.11. The highest BCUT2D eigenvalue weighted by atomic mass is 32.2. The molecule has 0 amide bonds. The van der Waals surface area contributed by atoms with Crippen molar-refractivity contribution in [1.82, 2.24) is 35.2 Å². The van der Waals surface area contributed by atoms with Crippen molar-refractivity contribution >= 4 is 30.4 Å². The van der Waals surface area contributed by atoms with E-state index in [1.165, 1.54) is 36.3 Å². The van der Waals surface area contributed by atoms with Gasteiger partial charge in [0.15, 0.2) is 0 Å². The smallest absolute Gasteiger partial charge is 0.304 e. The molecule has 0 aliphatic carbocycles. The molecular weight excluding hydrogens is 752 g/mol. The standard InChI is InChI=1S/C42H42F2N7O3PS/c1-4-53-55(52,54-5-2)42(43,44)35-25-21-31(22-26-35)29-41(34-13-7-6-8-14-34,51-39-18-12-11-17-38(39)45-49-51)27-28-56-30-32-19-23-33(24-20-32)36-15-9-10-16-37(36)40-46-48-50(3)47-40/h6-26H,4-5,27-30H2,1-3H3. The molecule has 0 aliphatic rings. The zero-order valence-electron chi connectivity index (χ0n) is 31.3. The second-order valence-electron chi connectivity index (χ2n) is 13.3. The fourth-order valence-electron chi connectivity index (χ4n) is 6.96. The molecule has 0 spiro atoms. The van der Waals surface area contributed by atoms with Gasteiger partial charge in [0, 0.05) is 23.3 Å². The molecule has 0 aliphatic heterocycles. The molecule has 0 bridgehead atoms. The average Bonchev–Trinajstić information content (AvgIpc) is 3.87. The Morgan fingerprint density at radius 1 is 0.714 bits per heavy atom. The molecule has 2 heterocycles. The Balaban J connectivity index is 1.16. The summed E-state index contributed by atoms with van der Waals surface area (Å²) in [4.78, 5) is 1.45. The van der Waals surface area contributed by atoms with Crippen molar-refractivity contribution in [3.63, 3.8) is 0 Å². The highest BCUT2D eigenvalue weighted by Crippen LogP contribution is 2.66. The van der Waals surface area contributed by atoms with Gasteiger partial charge in [-0.3, -0.25) is 4.57 Å². The predicted molar refractivity (Wildman–Crippen MR) is 216 cm³/mol. The van der Waals surface area contributed by atoms with E-state index in [4.69, 9.17) is 14.3 Å². The van der Waals surface area contributed by atoms with Gasteiger partial charge < -0.3 is 9.05 Å². The van der Waals surface area contributed by atoms with E-state index < -0.39 is 24.4 Å². The van der Waals surface area contributed by atoms with E-state index in [-0.39, 0.29) is 13.2 Å². The Kier molecular flexibility index (Phi) is 11.9. The van der Waals surface area contributed by atoms with Crippen LogP contribution in [-0.2, 0) is 44.0 Å². The van der Waals surface area contributed by atoms with Crippen molar-refractivity contribution in [3.8, 4) is 22.5 Å². The second kappa shape index (κ2) is 17.0. The summed E-state index contributed by atoms with van der Waals surface area (Å²) < 4.78 is 56.7. The molecule has 2 aromatic heterocycles. The van der Waals surface area contributed by atoms with Crippen molar-refractivity contribution in [1.29, 1.82) is 0 Å². The van der Waals surface area contributed by atoms with Crippen molar-refractivity contribution in [3.05, 3.63) is 150 Å². The molecule has 1 unspecified atom stereocenters. The number of halogens is 2. The maximum atomic E-state index is 15.7. The van der Waals surface area contributed by atoms with Gasteiger partial charge >= 0.3 is 13.3 Å². The van der Waals surface area contributed by atoms with Crippen LogP contribution in [-0.4, -0.2) is 54.2 Å². The van der Waals surface area contributed by atoms with Crippen molar-refractivity contribution in [2.45, 2.75) is 43.6 Å². The van der Waals surface area contributed by atoms with Gasteiger partial charge in [0.05, 0.1) is 31.3 Å². The van der Waals surface area contributed by atoms with Gasteiger partial charge in [0.2, 0.25) is 5.82 Å². The van der Waals surface area contributed by atoms with Crippen LogP contribution in [0.25, 0.3) is 33.5 Å². The van der Waals surface area contributed by atoms with Crippen LogP contribution in [0.15, 0.2) is 127 Å². The number of para-hydroxylation sites is 1. The molecule has 56 heavy (non-hydrogen) atoms. The molecule has 7 aromatic rings. The summed E-state index contributed by atoms with van der Waals surface area (Å²) in [6, 6.07) is 40.5. The molecule has 5 aromatic carbocycles. The number of alkyl halides is 2. The summed E-state index contributed by atoms with van der Waals surface area (Å²) in [5, 5.41) is 21.9. The molecule has 0 saturated heterocycles. The molecule has 0 fully saturated rings. The minimum absolute atomic E-state index is 0.170. The van der Waals surface area contributed by atoms with E-state index in [2.05, 4.69) is 63.0 Å². The molecule has 7 rings (SSSR count). The first kappa shape index (κ1) is 39.2. The third-order valence-electron chi connectivity index (χ3n) is 9.68. The summed E-state index contributed by atoms with van der Waals surface area (Å²) in [7, 11) is -3.01. The lowest BCUT2D eigenvalue weighted by atomic mass is 9.81. The Bertz CT molecular complexity index is 2420.